The van der Waals surface area contributed by atoms with Crippen molar-refractivity contribution in [1.29, 1.82) is 0 Å². The van der Waals surface area contributed by atoms with Crippen LogP contribution in [0.4, 0.5) is 5.82 Å². The van der Waals surface area contributed by atoms with Crippen LogP contribution in [-0.2, 0) is 0 Å². The monoisotopic (exact) mass is 255 g/mol. The predicted molar refractivity (Wildman–Crippen MR) is 67.6 cm³/mol. The highest BCUT2D eigenvalue weighted by Crippen LogP contribution is 2.19. The molecule has 0 fully saturated rings. The summed E-state index contributed by atoms with van der Waals surface area (Å²) in [6, 6.07) is 8.40. The molecule has 3 N–H and O–H groups in total. The van der Waals surface area contributed by atoms with Gasteiger partial charge in [-0.3, -0.25) is 4.98 Å². The normalized spacial score (nSPS) is 10.7. The molecule has 0 saturated carbocycles. The van der Waals surface area contributed by atoms with Crippen LogP contribution in [0.5, 0.6) is 0 Å². The zero-order valence-corrected chi connectivity index (χ0v) is 9.69. The van der Waals surface area contributed by atoms with Crippen molar-refractivity contribution >= 4 is 17.4 Å². The zero-order chi connectivity index (χ0) is 13.4. The molecule has 19 heavy (non-hydrogen) atoms. The number of nitrogen functional groups attached to an aromatic ring is 1. The molecule has 0 unspecified atom stereocenters. The number of hydrogen-bond donors (Lipinski definition) is 2. The predicted octanol–water partition coefficient (Wildman–Crippen LogP) is 1.07. The Hall–Kier alpha value is -2.96. The molecule has 0 spiro atoms. The maximum atomic E-state index is 10.9. The number of carboxylic acids is 1. The molecular weight excluding hydrogens is 246 g/mol. The van der Waals surface area contributed by atoms with Crippen LogP contribution in [0.3, 0.4) is 0 Å². The van der Waals surface area contributed by atoms with Gasteiger partial charge in [0.05, 0.1) is 11.4 Å². The fourth-order valence-electron chi connectivity index (χ4n) is 1.75. The standard InChI is InChI=1S/C12H9N5O2/c13-10-5-8(7-3-1-2-4-14-7)15-11-6-9(12(18)19)16-17(10)11/h1-6H,13H2,(H,18,19). The summed E-state index contributed by atoms with van der Waals surface area (Å²) in [4.78, 5) is 19.4. The summed E-state index contributed by atoms with van der Waals surface area (Å²) in [5.74, 6) is -0.817. The van der Waals surface area contributed by atoms with Gasteiger partial charge in [-0.05, 0) is 12.1 Å². The van der Waals surface area contributed by atoms with Gasteiger partial charge in [0, 0.05) is 18.3 Å². The van der Waals surface area contributed by atoms with Gasteiger partial charge in [0.2, 0.25) is 0 Å². The molecule has 94 valence electrons. The number of aromatic carboxylic acids is 1. The van der Waals surface area contributed by atoms with Gasteiger partial charge in [-0.25, -0.2) is 9.78 Å². The largest absolute Gasteiger partial charge is 0.476 e. The number of aromatic nitrogens is 4. The molecule has 0 aliphatic heterocycles. The molecule has 0 aliphatic carbocycles. The fraction of sp³-hybridized carbons (Fsp3) is 0. The molecule has 3 aromatic rings. The third-order valence-corrected chi connectivity index (χ3v) is 2.60. The molecule has 7 nitrogen and oxygen atoms in total. The van der Waals surface area contributed by atoms with Crippen LogP contribution in [0.1, 0.15) is 10.5 Å². The highest BCUT2D eigenvalue weighted by molar-refractivity contribution is 5.87. The van der Waals surface area contributed by atoms with Gasteiger partial charge >= 0.3 is 5.97 Å². The molecule has 3 aromatic heterocycles. The third-order valence-electron chi connectivity index (χ3n) is 2.60. The minimum atomic E-state index is -1.12. The highest BCUT2D eigenvalue weighted by atomic mass is 16.4. The Bertz CT molecular complexity index is 766. The van der Waals surface area contributed by atoms with Gasteiger partial charge in [-0.2, -0.15) is 9.61 Å². The number of hydrogen-bond acceptors (Lipinski definition) is 5. The van der Waals surface area contributed by atoms with Crippen molar-refractivity contribution in [1.82, 2.24) is 19.6 Å². The van der Waals surface area contributed by atoms with Gasteiger partial charge in [0.1, 0.15) is 5.82 Å². The van der Waals surface area contributed by atoms with Crippen LogP contribution in [0.25, 0.3) is 17.0 Å². The first kappa shape index (κ1) is 11.1. The Labute approximate surface area is 107 Å². The summed E-state index contributed by atoms with van der Waals surface area (Å²) in [5.41, 5.74) is 7.35. The number of fused-ring (bicyclic) bond motifs is 1. The summed E-state index contributed by atoms with van der Waals surface area (Å²) in [5, 5.41) is 12.8. The van der Waals surface area contributed by atoms with Gasteiger partial charge in [-0.1, -0.05) is 6.07 Å². The number of rotatable bonds is 2. The fourth-order valence-corrected chi connectivity index (χ4v) is 1.75. The second-order valence-electron chi connectivity index (χ2n) is 3.89. The van der Waals surface area contributed by atoms with E-state index in [1.807, 2.05) is 6.07 Å². The Morgan fingerprint density at radius 3 is 2.79 bits per heavy atom. The van der Waals surface area contributed by atoms with Crippen LogP contribution in [-0.4, -0.2) is 30.7 Å². The van der Waals surface area contributed by atoms with Crippen LogP contribution in [0.2, 0.25) is 0 Å². The summed E-state index contributed by atoms with van der Waals surface area (Å²) in [6.45, 7) is 0. The van der Waals surface area contributed by atoms with Crippen LogP contribution in [0.15, 0.2) is 36.5 Å². The lowest BCUT2D eigenvalue weighted by Crippen LogP contribution is -2.03. The molecule has 0 aliphatic rings. The lowest BCUT2D eigenvalue weighted by atomic mass is 10.2. The first-order chi connectivity index (χ1) is 9.15. The number of pyridine rings is 1. The molecule has 3 heterocycles. The lowest BCUT2D eigenvalue weighted by molar-refractivity contribution is 0.0690. The van der Waals surface area contributed by atoms with Crippen molar-refractivity contribution in [3.8, 4) is 11.4 Å². The minimum Gasteiger partial charge on any atom is -0.476 e. The SMILES string of the molecule is Nc1cc(-c2ccccn2)nc2cc(C(=O)O)nn12. The van der Waals surface area contributed by atoms with E-state index in [1.54, 1.807) is 24.4 Å². The molecule has 3 rings (SSSR count). The van der Waals surface area contributed by atoms with E-state index in [1.165, 1.54) is 10.6 Å². The number of nitrogens with two attached hydrogens (primary N) is 1. The number of carbonyl (C=O) groups is 1. The van der Waals surface area contributed by atoms with Gasteiger partial charge in [0.15, 0.2) is 11.3 Å². The molecular formula is C12H9N5O2. The zero-order valence-electron chi connectivity index (χ0n) is 9.69. The summed E-state index contributed by atoms with van der Waals surface area (Å²) in [6.07, 6.45) is 1.65. The number of carboxylic acid groups (broad SMARTS) is 1. The molecule has 0 amide bonds. The Balaban J connectivity index is 2.22. The molecule has 0 atom stereocenters. The average molecular weight is 255 g/mol. The van der Waals surface area contributed by atoms with Crippen molar-refractivity contribution in [2.45, 2.75) is 0 Å². The summed E-state index contributed by atoms with van der Waals surface area (Å²) in [7, 11) is 0. The van der Waals surface area contributed by atoms with Crippen molar-refractivity contribution < 1.29 is 9.90 Å². The minimum absolute atomic E-state index is 0.0997. The summed E-state index contributed by atoms with van der Waals surface area (Å²) < 4.78 is 1.29. The topological polar surface area (TPSA) is 106 Å². The van der Waals surface area contributed by atoms with E-state index >= 15 is 0 Å². The van der Waals surface area contributed by atoms with E-state index in [2.05, 4.69) is 15.1 Å². The van der Waals surface area contributed by atoms with Crippen LogP contribution < -0.4 is 5.73 Å². The van der Waals surface area contributed by atoms with E-state index in [9.17, 15) is 4.79 Å². The Morgan fingerprint density at radius 2 is 2.11 bits per heavy atom. The molecule has 7 heteroatoms. The molecule has 0 saturated heterocycles. The second-order valence-corrected chi connectivity index (χ2v) is 3.89. The van der Waals surface area contributed by atoms with Crippen molar-refractivity contribution in [2.24, 2.45) is 0 Å². The first-order valence-corrected chi connectivity index (χ1v) is 5.46. The molecule has 0 bridgehead atoms. The molecule has 0 aromatic carbocycles. The maximum Gasteiger partial charge on any atom is 0.356 e. The van der Waals surface area contributed by atoms with Gasteiger partial charge in [-0.15, -0.1) is 0 Å². The highest BCUT2D eigenvalue weighted by Gasteiger charge is 2.13. The average Bonchev–Trinajstić information content (AvgIpc) is 2.84. The smallest absolute Gasteiger partial charge is 0.356 e. The summed E-state index contributed by atoms with van der Waals surface area (Å²) >= 11 is 0. The number of anilines is 1. The van der Waals surface area contributed by atoms with E-state index in [0.29, 0.717) is 22.9 Å². The molecule has 0 radical (unpaired) electrons. The van der Waals surface area contributed by atoms with Crippen molar-refractivity contribution in [3.63, 3.8) is 0 Å². The van der Waals surface area contributed by atoms with E-state index < -0.39 is 5.97 Å². The van der Waals surface area contributed by atoms with E-state index in [4.69, 9.17) is 10.8 Å². The van der Waals surface area contributed by atoms with Crippen molar-refractivity contribution in [2.75, 3.05) is 5.73 Å². The maximum absolute atomic E-state index is 10.9. The Morgan fingerprint density at radius 1 is 1.26 bits per heavy atom. The van der Waals surface area contributed by atoms with Crippen LogP contribution in [0, 0.1) is 0 Å². The number of nitrogens with zero attached hydrogens (tertiary/aromatic N) is 4. The Kier molecular flexibility index (Phi) is 2.38. The van der Waals surface area contributed by atoms with E-state index in [-0.39, 0.29) is 5.69 Å². The first-order valence-electron chi connectivity index (χ1n) is 5.46. The lowest BCUT2D eigenvalue weighted by Gasteiger charge is -2.03. The van der Waals surface area contributed by atoms with Gasteiger partial charge in [0.25, 0.3) is 0 Å². The van der Waals surface area contributed by atoms with Crippen LogP contribution >= 0.6 is 0 Å². The second kappa shape index (κ2) is 4.05. The van der Waals surface area contributed by atoms with Crippen molar-refractivity contribution in [3.05, 3.63) is 42.2 Å². The van der Waals surface area contributed by atoms with E-state index in [0.717, 1.165) is 0 Å². The van der Waals surface area contributed by atoms with Gasteiger partial charge < -0.3 is 10.8 Å². The third kappa shape index (κ3) is 1.86. The quantitative estimate of drug-likeness (QED) is 0.709.